The van der Waals surface area contributed by atoms with Crippen molar-refractivity contribution >= 4 is 16.6 Å². The van der Waals surface area contributed by atoms with Crippen LogP contribution in [0.2, 0.25) is 0 Å². The SMILES string of the molecule is CCCCCCCN(CCCCCCC)C(=N)c1ccc(OCCCC)c2ccccc12. The smallest absolute Gasteiger partial charge is 0.128 e. The third-order valence-electron chi connectivity index (χ3n) is 6.27. The molecule has 0 aliphatic heterocycles. The molecule has 0 unspecified atom stereocenters. The Morgan fingerprint density at radius 2 is 1.25 bits per heavy atom. The molecule has 0 heterocycles. The predicted molar refractivity (Wildman–Crippen MR) is 140 cm³/mol. The molecule has 0 bridgehead atoms. The van der Waals surface area contributed by atoms with Gasteiger partial charge >= 0.3 is 0 Å². The minimum atomic E-state index is 0.673. The molecular weight excluding hydrogens is 392 g/mol. The Labute approximate surface area is 197 Å². The largest absolute Gasteiger partial charge is 0.493 e. The van der Waals surface area contributed by atoms with Crippen molar-refractivity contribution in [3.05, 3.63) is 42.0 Å². The van der Waals surface area contributed by atoms with Crippen LogP contribution in [0.15, 0.2) is 36.4 Å². The number of hydrogen-bond acceptors (Lipinski definition) is 2. The second-order valence-corrected chi connectivity index (χ2v) is 9.02. The van der Waals surface area contributed by atoms with Gasteiger partial charge in [0, 0.05) is 24.0 Å². The van der Waals surface area contributed by atoms with Gasteiger partial charge in [0.1, 0.15) is 11.6 Å². The van der Waals surface area contributed by atoms with Crippen molar-refractivity contribution in [3.8, 4) is 5.75 Å². The number of rotatable bonds is 17. The van der Waals surface area contributed by atoms with Gasteiger partial charge in [0.15, 0.2) is 0 Å². The maximum atomic E-state index is 9.13. The van der Waals surface area contributed by atoms with E-state index in [2.05, 4.69) is 62.1 Å². The standard InChI is InChI=1S/C29H46N2O/c1-4-7-10-12-16-22-31(23-17-13-11-8-5-2)29(30)27-20-21-28(32-24-9-6-3)26-19-15-14-18-25(26)27/h14-15,18-21,30H,4-13,16-17,22-24H2,1-3H3. The Balaban J connectivity index is 2.15. The average molecular weight is 439 g/mol. The number of nitrogens with one attached hydrogen (secondary N) is 1. The third-order valence-corrected chi connectivity index (χ3v) is 6.27. The number of hydrogen-bond donors (Lipinski definition) is 1. The van der Waals surface area contributed by atoms with Gasteiger partial charge in [0.05, 0.1) is 6.61 Å². The van der Waals surface area contributed by atoms with Crippen LogP contribution in [0.4, 0.5) is 0 Å². The Morgan fingerprint density at radius 3 is 1.84 bits per heavy atom. The van der Waals surface area contributed by atoms with Gasteiger partial charge in [0.25, 0.3) is 0 Å². The second-order valence-electron chi connectivity index (χ2n) is 9.02. The van der Waals surface area contributed by atoms with Crippen molar-refractivity contribution in [3.63, 3.8) is 0 Å². The molecule has 0 aliphatic rings. The lowest BCUT2D eigenvalue weighted by Crippen LogP contribution is -2.33. The first kappa shape index (κ1) is 26.2. The van der Waals surface area contributed by atoms with Gasteiger partial charge in [-0.3, -0.25) is 5.41 Å². The van der Waals surface area contributed by atoms with Gasteiger partial charge in [-0.15, -0.1) is 0 Å². The Hall–Kier alpha value is -2.03. The van der Waals surface area contributed by atoms with Crippen molar-refractivity contribution in [2.75, 3.05) is 19.7 Å². The highest BCUT2D eigenvalue weighted by atomic mass is 16.5. The molecule has 2 aromatic rings. The fourth-order valence-corrected chi connectivity index (χ4v) is 4.25. The lowest BCUT2D eigenvalue weighted by atomic mass is 10.0. The van der Waals surface area contributed by atoms with Crippen LogP contribution in [0.3, 0.4) is 0 Å². The topological polar surface area (TPSA) is 36.3 Å². The van der Waals surface area contributed by atoms with Crippen LogP contribution in [0.5, 0.6) is 5.75 Å². The normalized spacial score (nSPS) is 11.1. The number of unbranched alkanes of at least 4 members (excludes halogenated alkanes) is 9. The lowest BCUT2D eigenvalue weighted by Gasteiger charge is -2.26. The molecule has 2 aromatic carbocycles. The fourth-order valence-electron chi connectivity index (χ4n) is 4.25. The molecule has 0 saturated carbocycles. The van der Waals surface area contributed by atoms with E-state index in [1.807, 2.05) is 0 Å². The van der Waals surface area contributed by atoms with E-state index in [9.17, 15) is 0 Å². The molecule has 3 nitrogen and oxygen atoms in total. The van der Waals surface area contributed by atoms with Gasteiger partial charge in [-0.2, -0.15) is 0 Å². The average Bonchev–Trinajstić information content (AvgIpc) is 2.82. The number of fused-ring (bicyclic) bond motifs is 1. The Morgan fingerprint density at radius 1 is 0.688 bits per heavy atom. The first-order valence-electron chi connectivity index (χ1n) is 13.2. The van der Waals surface area contributed by atoms with E-state index in [0.717, 1.165) is 54.6 Å². The van der Waals surface area contributed by atoms with Gasteiger partial charge in [-0.1, -0.05) is 103 Å². The highest BCUT2D eigenvalue weighted by Crippen LogP contribution is 2.30. The van der Waals surface area contributed by atoms with Crippen LogP contribution in [0, 0.1) is 5.41 Å². The first-order valence-corrected chi connectivity index (χ1v) is 13.2. The van der Waals surface area contributed by atoms with Crippen molar-refractivity contribution in [1.29, 1.82) is 5.41 Å². The van der Waals surface area contributed by atoms with E-state index < -0.39 is 0 Å². The summed E-state index contributed by atoms with van der Waals surface area (Å²) in [7, 11) is 0. The van der Waals surface area contributed by atoms with Gasteiger partial charge in [0.2, 0.25) is 0 Å². The van der Waals surface area contributed by atoms with Crippen LogP contribution < -0.4 is 4.74 Å². The summed E-state index contributed by atoms with van der Waals surface area (Å²) in [6, 6.07) is 12.6. The highest BCUT2D eigenvalue weighted by Gasteiger charge is 2.16. The summed E-state index contributed by atoms with van der Waals surface area (Å²) in [5, 5.41) is 11.4. The zero-order chi connectivity index (χ0) is 23.0. The van der Waals surface area contributed by atoms with E-state index in [1.54, 1.807) is 0 Å². The summed E-state index contributed by atoms with van der Waals surface area (Å²) in [4.78, 5) is 2.33. The predicted octanol–water partition coefficient (Wildman–Crippen LogP) is 8.59. The summed E-state index contributed by atoms with van der Waals surface area (Å²) in [5.41, 5.74) is 1.03. The van der Waals surface area contributed by atoms with E-state index in [4.69, 9.17) is 10.1 Å². The maximum absolute atomic E-state index is 9.13. The number of amidine groups is 1. The lowest BCUT2D eigenvalue weighted by molar-refractivity contribution is 0.313. The molecule has 0 fully saturated rings. The molecule has 32 heavy (non-hydrogen) atoms. The monoisotopic (exact) mass is 438 g/mol. The van der Waals surface area contributed by atoms with E-state index in [0.29, 0.717) is 5.84 Å². The van der Waals surface area contributed by atoms with Crippen molar-refractivity contribution in [2.45, 2.75) is 97.8 Å². The number of benzene rings is 2. The van der Waals surface area contributed by atoms with Gasteiger partial charge in [-0.05, 0) is 36.8 Å². The van der Waals surface area contributed by atoms with Crippen LogP contribution in [-0.2, 0) is 0 Å². The quantitative estimate of drug-likeness (QED) is 0.152. The summed E-state index contributed by atoms with van der Waals surface area (Å²) < 4.78 is 6.08. The molecule has 0 spiro atoms. The van der Waals surface area contributed by atoms with Gasteiger partial charge < -0.3 is 9.64 Å². The van der Waals surface area contributed by atoms with Crippen LogP contribution >= 0.6 is 0 Å². The van der Waals surface area contributed by atoms with Crippen LogP contribution in [0.25, 0.3) is 10.8 Å². The minimum Gasteiger partial charge on any atom is -0.493 e. The molecule has 178 valence electrons. The Bertz CT molecular complexity index is 772. The van der Waals surface area contributed by atoms with Crippen molar-refractivity contribution < 1.29 is 4.74 Å². The fraction of sp³-hybridized carbons (Fsp3) is 0.621. The molecule has 0 aromatic heterocycles. The van der Waals surface area contributed by atoms with E-state index >= 15 is 0 Å². The molecule has 0 radical (unpaired) electrons. The van der Waals surface area contributed by atoms with E-state index in [1.165, 1.54) is 64.2 Å². The zero-order valence-electron chi connectivity index (χ0n) is 20.9. The highest BCUT2D eigenvalue weighted by molar-refractivity contribution is 6.09. The molecule has 1 N–H and O–H groups in total. The second kappa shape index (κ2) is 15.7. The van der Waals surface area contributed by atoms with Crippen molar-refractivity contribution in [1.82, 2.24) is 4.90 Å². The molecule has 3 heteroatoms. The molecular formula is C29H46N2O. The maximum Gasteiger partial charge on any atom is 0.128 e. The molecule has 2 rings (SSSR count). The Kier molecular flexibility index (Phi) is 12.9. The molecule has 0 amide bonds. The summed E-state index contributed by atoms with van der Waals surface area (Å²) in [6.45, 7) is 9.43. The summed E-state index contributed by atoms with van der Waals surface area (Å²) >= 11 is 0. The third kappa shape index (κ3) is 8.48. The van der Waals surface area contributed by atoms with Crippen LogP contribution in [0.1, 0.15) is 103 Å². The number of ether oxygens (including phenoxy) is 1. The number of nitrogens with zero attached hydrogens (tertiary/aromatic N) is 1. The van der Waals surface area contributed by atoms with Crippen molar-refractivity contribution in [2.24, 2.45) is 0 Å². The first-order chi connectivity index (χ1) is 15.7. The summed E-state index contributed by atoms with van der Waals surface area (Å²) in [6.07, 6.45) is 14.9. The summed E-state index contributed by atoms with van der Waals surface area (Å²) in [5.74, 6) is 1.61. The minimum absolute atomic E-state index is 0.673. The van der Waals surface area contributed by atoms with E-state index in [-0.39, 0.29) is 0 Å². The zero-order valence-corrected chi connectivity index (χ0v) is 20.9. The van der Waals surface area contributed by atoms with Crippen LogP contribution in [-0.4, -0.2) is 30.4 Å². The molecule has 0 atom stereocenters. The molecule has 0 aliphatic carbocycles. The molecule has 0 saturated heterocycles. The van der Waals surface area contributed by atoms with Gasteiger partial charge in [-0.25, -0.2) is 0 Å².